The van der Waals surface area contributed by atoms with Gasteiger partial charge in [0, 0.05) is 13.1 Å². The van der Waals surface area contributed by atoms with Crippen molar-refractivity contribution in [2.24, 2.45) is 11.3 Å². The number of benzene rings is 1. The number of hydrogen-bond acceptors (Lipinski definition) is 4. The highest BCUT2D eigenvalue weighted by molar-refractivity contribution is 5.78. The number of ether oxygens (including phenoxy) is 1. The molecule has 0 amide bonds. The second kappa shape index (κ2) is 8.32. The number of fused-ring (bicyclic) bond motifs is 1. The molecule has 1 saturated heterocycles. The lowest BCUT2D eigenvalue weighted by atomic mass is 9.62. The molecule has 1 N–H and O–H groups in total. The van der Waals surface area contributed by atoms with Crippen LogP contribution in [0.25, 0.3) is 0 Å². The fourth-order valence-corrected chi connectivity index (χ4v) is 4.30. The van der Waals surface area contributed by atoms with E-state index in [0.717, 1.165) is 38.9 Å². The monoisotopic (exact) mass is 352 g/mol. The van der Waals surface area contributed by atoms with E-state index in [9.17, 15) is 9.90 Å². The van der Waals surface area contributed by atoms with Crippen molar-refractivity contribution < 1.29 is 27.0 Å². The van der Waals surface area contributed by atoms with E-state index in [4.69, 9.17) is 4.74 Å². The Kier molecular flexibility index (Phi) is 6.67. The van der Waals surface area contributed by atoms with Gasteiger partial charge in [0.1, 0.15) is 0 Å². The highest BCUT2D eigenvalue weighted by Crippen LogP contribution is 2.47. The molecule has 0 spiro atoms. The summed E-state index contributed by atoms with van der Waals surface area (Å²) in [6, 6.07) is 10.4. The van der Waals surface area contributed by atoms with Crippen LogP contribution in [-0.4, -0.2) is 41.8 Å². The third-order valence-electron chi connectivity index (χ3n) is 5.49. The van der Waals surface area contributed by atoms with E-state index >= 15 is 0 Å². The fourth-order valence-electron chi connectivity index (χ4n) is 4.30. The summed E-state index contributed by atoms with van der Waals surface area (Å²) in [4.78, 5) is 15.1. The number of likely N-dealkylation sites (tertiary alicyclic amines) is 1. The van der Waals surface area contributed by atoms with Gasteiger partial charge in [-0.05, 0) is 50.6 Å². The average molecular weight is 353 g/mol. The Hall–Kier alpha value is -1.10. The van der Waals surface area contributed by atoms with E-state index in [1.807, 2.05) is 13.0 Å². The average Bonchev–Trinajstić information content (AvgIpc) is 2.56. The third-order valence-corrected chi connectivity index (χ3v) is 5.49. The van der Waals surface area contributed by atoms with Crippen molar-refractivity contribution in [3.8, 4) is 0 Å². The smallest absolute Gasteiger partial charge is 0.313 e. The molecule has 2 fully saturated rings. The zero-order chi connectivity index (χ0) is 16.3. The topological polar surface area (TPSA) is 49.8 Å². The van der Waals surface area contributed by atoms with E-state index in [-0.39, 0.29) is 30.4 Å². The lowest BCUT2D eigenvalue weighted by molar-refractivity contribution is -0.170. The molecule has 1 aliphatic heterocycles. The fraction of sp³-hybridized carbons (Fsp3) is 0.632. The molecular formula is C19H27ClNO3-. The number of aliphatic hydroxyl groups excluding tert-OH is 1. The van der Waals surface area contributed by atoms with Crippen molar-refractivity contribution >= 4 is 5.97 Å². The Balaban J connectivity index is 0.00000208. The number of carbonyl (C=O) groups excluding carboxylic acids is 1. The van der Waals surface area contributed by atoms with E-state index in [1.165, 1.54) is 5.56 Å². The number of piperidine rings is 1. The van der Waals surface area contributed by atoms with Crippen molar-refractivity contribution in [2.75, 3.05) is 19.7 Å². The zero-order valence-corrected chi connectivity index (χ0v) is 15.0. The van der Waals surface area contributed by atoms with Gasteiger partial charge in [-0.2, -0.15) is 0 Å². The molecule has 2 aliphatic rings. The van der Waals surface area contributed by atoms with Gasteiger partial charge in [-0.15, -0.1) is 0 Å². The van der Waals surface area contributed by atoms with Crippen molar-refractivity contribution in [1.29, 1.82) is 0 Å². The Morgan fingerprint density at radius 3 is 2.79 bits per heavy atom. The summed E-state index contributed by atoms with van der Waals surface area (Å²) < 4.78 is 5.43. The van der Waals surface area contributed by atoms with E-state index < -0.39 is 5.41 Å². The van der Waals surface area contributed by atoms with Gasteiger partial charge < -0.3 is 22.3 Å². The predicted molar refractivity (Wildman–Crippen MR) is 88.7 cm³/mol. The molecule has 3 rings (SSSR count). The number of halogens is 1. The number of aliphatic hydroxyl groups is 1. The summed E-state index contributed by atoms with van der Waals surface area (Å²) in [6.45, 7) is 4.89. The van der Waals surface area contributed by atoms with Gasteiger partial charge in [-0.3, -0.25) is 9.69 Å². The maximum atomic E-state index is 12.7. The largest absolute Gasteiger partial charge is 1.00 e. The quantitative estimate of drug-likeness (QED) is 0.750. The molecule has 4 nitrogen and oxygen atoms in total. The number of esters is 1. The lowest BCUT2D eigenvalue weighted by Crippen LogP contribution is -3.00. The summed E-state index contributed by atoms with van der Waals surface area (Å²) in [5.74, 6) is 0.187. The SMILES string of the molecule is CCOC(=O)C12CCC(O)CC1CCN(Cc1ccccc1)C2.[Cl-]. The molecule has 1 saturated carbocycles. The van der Waals surface area contributed by atoms with E-state index in [0.29, 0.717) is 13.0 Å². The molecule has 24 heavy (non-hydrogen) atoms. The van der Waals surface area contributed by atoms with Crippen LogP contribution in [0.15, 0.2) is 30.3 Å². The second-order valence-corrected chi connectivity index (χ2v) is 6.99. The van der Waals surface area contributed by atoms with Crippen LogP contribution in [0.2, 0.25) is 0 Å². The molecule has 1 aromatic carbocycles. The lowest BCUT2D eigenvalue weighted by Gasteiger charge is -2.50. The van der Waals surface area contributed by atoms with Gasteiger partial charge in [0.2, 0.25) is 0 Å². The zero-order valence-electron chi connectivity index (χ0n) is 14.3. The molecule has 0 aromatic heterocycles. The minimum Gasteiger partial charge on any atom is -1.00 e. The molecule has 3 atom stereocenters. The Morgan fingerprint density at radius 2 is 2.08 bits per heavy atom. The Labute approximate surface area is 150 Å². The van der Waals surface area contributed by atoms with Crippen LogP contribution < -0.4 is 12.4 Å². The van der Waals surface area contributed by atoms with Crippen LogP contribution in [0.3, 0.4) is 0 Å². The van der Waals surface area contributed by atoms with Crippen LogP contribution in [0, 0.1) is 11.3 Å². The molecule has 1 aliphatic carbocycles. The van der Waals surface area contributed by atoms with Crippen molar-refractivity contribution in [1.82, 2.24) is 4.90 Å². The van der Waals surface area contributed by atoms with Crippen LogP contribution in [0.4, 0.5) is 0 Å². The molecule has 134 valence electrons. The highest BCUT2D eigenvalue weighted by atomic mass is 35.5. The first kappa shape index (κ1) is 19.2. The molecule has 1 heterocycles. The standard InChI is InChI=1S/C19H27NO3.ClH/c1-2-23-18(22)19-10-8-17(21)12-16(19)9-11-20(14-19)13-15-6-4-3-5-7-15;/h3-7,16-17,21H,2,8-14H2,1H3;1H/p-1. The molecular weight excluding hydrogens is 326 g/mol. The van der Waals surface area contributed by atoms with Gasteiger partial charge in [0.25, 0.3) is 0 Å². The number of carbonyl (C=O) groups is 1. The van der Waals surface area contributed by atoms with Crippen molar-refractivity contribution in [2.45, 2.75) is 45.3 Å². The summed E-state index contributed by atoms with van der Waals surface area (Å²) >= 11 is 0. The first-order valence-corrected chi connectivity index (χ1v) is 8.75. The number of hydrogen-bond donors (Lipinski definition) is 1. The summed E-state index contributed by atoms with van der Waals surface area (Å²) in [5.41, 5.74) is 0.850. The van der Waals surface area contributed by atoms with E-state index in [1.54, 1.807) is 0 Å². The van der Waals surface area contributed by atoms with Crippen molar-refractivity contribution in [3.05, 3.63) is 35.9 Å². The Morgan fingerprint density at radius 1 is 1.33 bits per heavy atom. The maximum Gasteiger partial charge on any atom is 0.313 e. The van der Waals surface area contributed by atoms with Crippen LogP contribution in [0.1, 0.15) is 38.2 Å². The predicted octanol–water partition coefficient (Wildman–Crippen LogP) is -0.393. The van der Waals surface area contributed by atoms with Crippen molar-refractivity contribution in [3.63, 3.8) is 0 Å². The van der Waals surface area contributed by atoms with Crippen LogP contribution >= 0.6 is 0 Å². The minimum atomic E-state index is -0.428. The van der Waals surface area contributed by atoms with Gasteiger partial charge >= 0.3 is 5.97 Å². The maximum absolute atomic E-state index is 12.7. The van der Waals surface area contributed by atoms with Gasteiger partial charge in [-0.25, -0.2) is 0 Å². The minimum absolute atomic E-state index is 0. The molecule has 0 bridgehead atoms. The van der Waals surface area contributed by atoms with Gasteiger partial charge in [-0.1, -0.05) is 30.3 Å². The third kappa shape index (κ3) is 3.93. The number of nitrogens with zero attached hydrogens (tertiary/aromatic N) is 1. The molecule has 3 unspecified atom stereocenters. The van der Waals surface area contributed by atoms with Crippen LogP contribution in [-0.2, 0) is 16.1 Å². The van der Waals surface area contributed by atoms with Gasteiger partial charge in [0.15, 0.2) is 0 Å². The first-order valence-electron chi connectivity index (χ1n) is 8.75. The molecule has 5 heteroatoms. The second-order valence-electron chi connectivity index (χ2n) is 6.99. The summed E-state index contributed by atoms with van der Waals surface area (Å²) in [7, 11) is 0. The van der Waals surface area contributed by atoms with E-state index in [2.05, 4.69) is 29.2 Å². The number of rotatable bonds is 4. The first-order chi connectivity index (χ1) is 11.1. The summed E-state index contributed by atoms with van der Waals surface area (Å²) in [5, 5.41) is 10.0. The normalized spacial score (nSPS) is 30.1. The summed E-state index contributed by atoms with van der Waals surface area (Å²) in [6.07, 6.45) is 2.88. The molecule has 0 radical (unpaired) electrons. The van der Waals surface area contributed by atoms with Crippen LogP contribution in [0.5, 0.6) is 0 Å². The molecule has 1 aromatic rings. The Bertz CT molecular complexity index is 539. The van der Waals surface area contributed by atoms with Gasteiger partial charge in [0.05, 0.1) is 18.1 Å². The highest BCUT2D eigenvalue weighted by Gasteiger charge is 2.52.